The van der Waals surface area contributed by atoms with Crippen LogP contribution < -0.4 is 10.5 Å². The molecule has 1 heterocycles. The fourth-order valence-electron chi connectivity index (χ4n) is 1.63. The number of aryl methyl sites for hydroxylation is 1. The molecule has 0 saturated carbocycles. The monoisotopic (exact) mass is 419 g/mol. The minimum absolute atomic E-state index is 0.00366. The Morgan fingerprint density at radius 3 is 2.60 bits per heavy atom. The number of pyridine rings is 1. The lowest BCUT2D eigenvalue weighted by Gasteiger charge is -2.13. The number of anilines is 2. The summed E-state index contributed by atoms with van der Waals surface area (Å²) in [5, 5.41) is 0. The maximum atomic E-state index is 12.4. The highest BCUT2D eigenvalue weighted by atomic mass is 79.9. The summed E-state index contributed by atoms with van der Waals surface area (Å²) < 4.78 is 28.5. The van der Waals surface area contributed by atoms with Crippen molar-refractivity contribution < 1.29 is 8.42 Å². The number of sulfonamides is 1. The lowest BCUT2D eigenvalue weighted by molar-refractivity contribution is 0.601. The molecule has 2 aromatic rings. The van der Waals surface area contributed by atoms with Gasteiger partial charge < -0.3 is 5.73 Å². The van der Waals surface area contributed by atoms with Crippen LogP contribution in [0.1, 0.15) is 5.56 Å². The zero-order valence-electron chi connectivity index (χ0n) is 10.4. The number of rotatable bonds is 3. The smallest absolute Gasteiger partial charge is 0.265 e. The minimum atomic E-state index is -3.80. The molecule has 1 aromatic carbocycles. The Morgan fingerprint density at radius 2 is 2.00 bits per heavy atom. The summed E-state index contributed by atoms with van der Waals surface area (Å²) in [6.45, 7) is 1.79. The van der Waals surface area contributed by atoms with Gasteiger partial charge in [-0.25, -0.2) is 8.42 Å². The van der Waals surface area contributed by atoms with Crippen molar-refractivity contribution in [2.45, 2.75) is 11.8 Å². The fourth-order valence-corrected chi connectivity index (χ4v) is 4.82. The number of nitrogens with two attached hydrogens (primary N) is 1. The summed E-state index contributed by atoms with van der Waals surface area (Å²) in [5.74, 6) is 0. The van der Waals surface area contributed by atoms with Crippen molar-refractivity contribution in [3.8, 4) is 0 Å². The molecule has 0 aliphatic rings. The van der Waals surface area contributed by atoms with E-state index in [-0.39, 0.29) is 10.6 Å². The maximum absolute atomic E-state index is 12.4. The first-order valence-corrected chi connectivity index (χ1v) is 8.56. The molecule has 1 aromatic heterocycles. The lowest BCUT2D eigenvalue weighted by Crippen LogP contribution is -2.16. The Kier molecular flexibility index (Phi) is 4.36. The van der Waals surface area contributed by atoms with Crippen LogP contribution >= 0.6 is 31.9 Å². The van der Waals surface area contributed by atoms with Crippen molar-refractivity contribution in [1.29, 1.82) is 0 Å². The predicted molar refractivity (Wildman–Crippen MR) is 86.0 cm³/mol. The number of nitrogens with zero attached hydrogens (tertiary/aromatic N) is 1. The molecule has 0 radical (unpaired) electrons. The zero-order chi connectivity index (χ0) is 14.9. The molecule has 8 heteroatoms. The average Bonchev–Trinajstić information content (AvgIpc) is 2.30. The van der Waals surface area contributed by atoms with Crippen molar-refractivity contribution in [1.82, 2.24) is 4.98 Å². The van der Waals surface area contributed by atoms with Crippen LogP contribution in [0.4, 0.5) is 11.4 Å². The first kappa shape index (κ1) is 15.3. The summed E-state index contributed by atoms with van der Waals surface area (Å²) in [6.07, 6.45) is 3.05. The van der Waals surface area contributed by atoms with Gasteiger partial charge in [0.05, 0.1) is 17.6 Å². The van der Waals surface area contributed by atoms with Crippen LogP contribution in [0.25, 0.3) is 0 Å². The third kappa shape index (κ3) is 3.13. The van der Waals surface area contributed by atoms with Crippen LogP contribution in [0.3, 0.4) is 0 Å². The number of nitrogens with one attached hydrogen (secondary N) is 1. The van der Waals surface area contributed by atoms with E-state index in [2.05, 4.69) is 41.6 Å². The van der Waals surface area contributed by atoms with E-state index in [0.29, 0.717) is 14.6 Å². The first-order chi connectivity index (χ1) is 9.31. The molecule has 106 valence electrons. The Hall–Kier alpha value is -1.12. The van der Waals surface area contributed by atoms with Crippen molar-refractivity contribution in [3.05, 3.63) is 45.1 Å². The van der Waals surface area contributed by atoms with E-state index in [4.69, 9.17) is 5.73 Å². The highest BCUT2D eigenvalue weighted by Crippen LogP contribution is 2.33. The second-order valence-electron chi connectivity index (χ2n) is 4.10. The van der Waals surface area contributed by atoms with Crippen LogP contribution in [0.2, 0.25) is 0 Å². The molecule has 0 bridgehead atoms. The van der Waals surface area contributed by atoms with Gasteiger partial charge in [0.2, 0.25) is 0 Å². The molecule has 3 N–H and O–H groups in total. The van der Waals surface area contributed by atoms with Crippen molar-refractivity contribution in [2.24, 2.45) is 0 Å². The Labute approximate surface area is 133 Å². The second-order valence-corrected chi connectivity index (χ2v) is 7.49. The molecule has 0 aliphatic carbocycles. The van der Waals surface area contributed by atoms with E-state index in [9.17, 15) is 8.42 Å². The van der Waals surface area contributed by atoms with Gasteiger partial charge in [0.1, 0.15) is 4.90 Å². The lowest BCUT2D eigenvalue weighted by atomic mass is 10.3. The fraction of sp³-hybridized carbons (Fsp3) is 0.0833. The van der Waals surface area contributed by atoms with Crippen LogP contribution in [-0.4, -0.2) is 13.4 Å². The van der Waals surface area contributed by atoms with Gasteiger partial charge in [-0.2, -0.15) is 0 Å². The highest BCUT2D eigenvalue weighted by Gasteiger charge is 2.22. The third-order valence-electron chi connectivity index (χ3n) is 2.59. The number of benzene rings is 1. The Morgan fingerprint density at radius 1 is 1.30 bits per heavy atom. The summed E-state index contributed by atoms with van der Waals surface area (Å²) in [6, 6.07) is 4.88. The standard InChI is InChI=1S/C12H11Br2N3O2S/c1-7-2-3-16-6-11(7)17-20(18,19)12-9(14)4-8(13)5-10(12)15/h2-6,17H,15H2,1H3. The summed E-state index contributed by atoms with van der Waals surface area (Å²) in [4.78, 5) is 3.91. The van der Waals surface area contributed by atoms with Gasteiger partial charge in [0.15, 0.2) is 0 Å². The Bertz CT molecular complexity index is 740. The van der Waals surface area contributed by atoms with E-state index < -0.39 is 10.0 Å². The van der Waals surface area contributed by atoms with Gasteiger partial charge in [-0.15, -0.1) is 0 Å². The summed E-state index contributed by atoms with van der Waals surface area (Å²) in [5.41, 5.74) is 7.15. The summed E-state index contributed by atoms with van der Waals surface area (Å²) in [7, 11) is -3.80. The largest absolute Gasteiger partial charge is 0.398 e. The zero-order valence-corrected chi connectivity index (χ0v) is 14.4. The van der Waals surface area contributed by atoms with E-state index in [1.54, 1.807) is 25.3 Å². The Balaban J connectivity index is 2.50. The molecular weight excluding hydrogens is 410 g/mol. The van der Waals surface area contributed by atoms with Crippen molar-refractivity contribution in [2.75, 3.05) is 10.5 Å². The summed E-state index contributed by atoms with van der Waals surface area (Å²) >= 11 is 6.48. The molecule has 0 amide bonds. The number of nitrogen functional groups attached to an aromatic ring is 1. The van der Waals surface area contributed by atoms with Crippen molar-refractivity contribution in [3.63, 3.8) is 0 Å². The molecule has 20 heavy (non-hydrogen) atoms. The normalized spacial score (nSPS) is 11.3. The molecular formula is C12H11Br2N3O2S. The topological polar surface area (TPSA) is 85.1 Å². The molecule has 0 fully saturated rings. The number of aromatic nitrogens is 1. The number of hydrogen-bond acceptors (Lipinski definition) is 4. The van der Waals surface area contributed by atoms with Crippen molar-refractivity contribution >= 4 is 53.3 Å². The van der Waals surface area contributed by atoms with Gasteiger partial charge in [-0.05, 0) is 46.6 Å². The van der Waals surface area contributed by atoms with Gasteiger partial charge >= 0.3 is 0 Å². The van der Waals surface area contributed by atoms with Gasteiger partial charge in [-0.3, -0.25) is 9.71 Å². The van der Waals surface area contributed by atoms with E-state index in [1.807, 2.05) is 0 Å². The molecule has 0 saturated heterocycles. The maximum Gasteiger partial charge on any atom is 0.265 e. The minimum Gasteiger partial charge on any atom is -0.398 e. The molecule has 0 aliphatic heterocycles. The molecule has 0 unspecified atom stereocenters. The third-order valence-corrected chi connectivity index (χ3v) is 5.42. The van der Waals surface area contributed by atoms with Gasteiger partial charge in [-0.1, -0.05) is 15.9 Å². The number of halogens is 2. The molecule has 2 rings (SSSR count). The molecule has 0 atom stereocenters. The van der Waals surface area contributed by atoms with Gasteiger partial charge in [0.25, 0.3) is 10.0 Å². The molecule has 0 spiro atoms. The predicted octanol–water partition coefficient (Wildman–Crippen LogP) is 3.30. The van der Waals surface area contributed by atoms with E-state index in [1.165, 1.54) is 12.3 Å². The van der Waals surface area contributed by atoms with Crippen LogP contribution in [0, 0.1) is 6.92 Å². The SMILES string of the molecule is Cc1ccncc1NS(=O)(=O)c1c(N)cc(Br)cc1Br. The van der Waals surface area contributed by atoms with Crippen LogP contribution in [-0.2, 0) is 10.0 Å². The number of hydrogen-bond donors (Lipinski definition) is 2. The molecule has 5 nitrogen and oxygen atoms in total. The van der Waals surface area contributed by atoms with E-state index in [0.717, 1.165) is 5.56 Å². The van der Waals surface area contributed by atoms with Gasteiger partial charge in [0, 0.05) is 15.1 Å². The first-order valence-electron chi connectivity index (χ1n) is 5.49. The van der Waals surface area contributed by atoms with E-state index >= 15 is 0 Å². The highest BCUT2D eigenvalue weighted by molar-refractivity contribution is 9.11. The quantitative estimate of drug-likeness (QED) is 0.746. The van der Waals surface area contributed by atoms with Crippen LogP contribution in [0.5, 0.6) is 0 Å². The second kappa shape index (κ2) is 5.71. The van der Waals surface area contributed by atoms with Crippen LogP contribution in [0.15, 0.2) is 44.4 Å². The average molecular weight is 421 g/mol.